The van der Waals surface area contributed by atoms with Crippen molar-refractivity contribution in [3.63, 3.8) is 0 Å². The summed E-state index contributed by atoms with van der Waals surface area (Å²) >= 11 is 0. The van der Waals surface area contributed by atoms with E-state index >= 15 is 0 Å². The molecule has 0 radical (unpaired) electrons. The first-order valence-electron chi connectivity index (χ1n) is 13.1. The smallest absolute Gasteiger partial charge is 0.311 e. The minimum Gasteiger partial charge on any atom is -0.461 e. The first-order chi connectivity index (χ1) is 14.4. The molecule has 0 aromatic heterocycles. The van der Waals surface area contributed by atoms with Crippen LogP contribution in [-0.4, -0.2) is 24.7 Å². The van der Waals surface area contributed by atoms with Crippen molar-refractivity contribution < 1.29 is 9.53 Å². The molecule has 3 bridgehead atoms. The fourth-order valence-corrected chi connectivity index (χ4v) is 9.46. The van der Waals surface area contributed by atoms with Gasteiger partial charge in [-0.2, -0.15) is 0 Å². The Morgan fingerprint density at radius 2 is 2.00 bits per heavy atom. The van der Waals surface area contributed by atoms with Crippen LogP contribution >= 0.6 is 0 Å². The maximum absolute atomic E-state index is 12.9. The van der Waals surface area contributed by atoms with E-state index in [0.29, 0.717) is 17.9 Å². The van der Waals surface area contributed by atoms with E-state index in [1.165, 1.54) is 51.4 Å². The van der Waals surface area contributed by atoms with Crippen molar-refractivity contribution in [1.29, 1.82) is 0 Å². The zero-order chi connectivity index (χ0) is 20.6. The number of esters is 1. The minimum atomic E-state index is 0.0146. The Labute approximate surface area is 182 Å². The zero-order valence-corrected chi connectivity index (χ0v) is 19.2. The number of allylic oxidation sites excluding steroid dienone is 1. The van der Waals surface area contributed by atoms with Crippen LogP contribution in [0, 0.1) is 52.8 Å². The summed E-state index contributed by atoms with van der Waals surface area (Å²) in [6.07, 6.45) is 14.9. The van der Waals surface area contributed by atoms with E-state index in [1.807, 2.05) is 0 Å². The van der Waals surface area contributed by atoms with Crippen LogP contribution in [-0.2, 0) is 9.53 Å². The summed E-state index contributed by atoms with van der Waals surface area (Å²) in [5.74, 6) is 5.78. The number of ether oxygens (including phenoxy) is 1. The summed E-state index contributed by atoms with van der Waals surface area (Å²) in [6, 6.07) is 0.531. The van der Waals surface area contributed by atoms with Crippen LogP contribution in [0.25, 0.3) is 0 Å². The number of hydrogen-bond donors (Lipinski definition) is 1. The van der Waals surface area contributed by atoms with Crippen molar-refractivity contribution in [2.24, 2.45) is 52.8 Å². The number of hydrogen-bond acceptors (Lipinski definition) is 3. The molecule has 5 aliphatic carbocycles. The predicted molar refractivity (Wildman–Crippen MR) is 119 cm³/mol. The summed E-state index contributed by atoms with van der Waals surface area (Å²) in [5, 5.41) is 3.89. The van der Waals surface area contributed by atoms with Crippen molar-refractivity contribution in [2.75, 3.05) is 6.54 Å². The number of carbonyl (C=O) groups is 1. The van der Waals surface area contributed by atoms with Gasteiger partial charge in [0, 0.05) is 18.5 Å². The van der Waals surface area contributed by atoms with Gasteiger partial charge in [-0.25, -0.2) is 0 Å². The number of fused-ring (bicyclic) bond motifs is 4. The Bertz CT molecular complexity index is 745. The molecule has 6 rings (SSSR count). The standard InChI is InChI=1S/C27H41NO2/c1-15-5-4-8-27(3)13-24-21(12-23(15)27)22(26(29)30-24)14-28-16(2)25-19-7-6-18-9-17(10-19)11-20(18)25/h12,15-22,24-25,28H,4-11,13-14H2,1-3H3/t15-,16-,17-,18+,19-,20+,21+,22-,24+,25-,27+/m0/s1. The van der Waals surface area contributed by atoms with Crippen molar-refractivity contribution in [2.45, 2.75) is 90.7 Å². The van der Waals surface area contributed by atoms with Gasteiger partial charge >= 0.3 is 5.97 Å². The summed E-state index contributed by atoms with van der Waals surface area (Å²) in [4.78, 5) is 12.9. The molecule has 0 aromatic carbocycles. The van der Waals surface area contributed by atoms with Crippen LogP contribution in [0.15, 0.2) is 11.6 Å². The lowest BCUT2D eigenvalue weighted by molar-refractivity contribution is -0.145. The first kappa shape index (κ1) is 19.8. The van der Waals surface area contributed by atoms with Crippen LogP contribution in [0.1, 0.15) is 78.6 Å². The number of carbonyl (C=O) groups excluding carboxylic acids is 1. The molecule has 30 heavy (non-hydrogen) atoms. The van der Waals surface area contributed by atoms with Crippen LogP contribution in [0.4, 0.5) is 0 Å². The molecule has 0 aromatic rings. The summed E-state index contributed by atoms with van der Waals surface area (Å²) in [6.45, 7) is 8.03. The van der Waals surface area contributed by atoms with Gasteiger partial charge in [-0.1, -0.05) is 31.9 Å². The maximum atomic E-state index is 12.9. The third kappa shape index (κ3) is 2.97. The first-order valence-corrected chi connectivity index (χ1v) is 13.1. The second kappa shape index (κ2) is 7.09. The van der Waals surface area contributed by atoms with E-state index in [-0.39, 0.29) is 23.4 Å². The van der Waals surface area contributed by atoms with E-state index in [4.69, 9.17) is 4.74 Å². The molecule has 1 heterocycles. The molecule has 1 saturated heterocycles. The molecule has 3 nitrogen and oxygen atoms in total. The SMILES string of the molecule is C[C@H](NC[C@@H]1C(=O)O[C@@H]2C[C@@]3(C)CCC[C@H](C)C3=C[C@H]12)[C@H]1[C@H]2CC[C@@H]3C[C@@H](C2)C[C@H]31. The van der Waals surface area contributed by atoms with Crippen molar-refractivity contribution in [1.82, 2.24) is 5.32 Å². The van der Waals surface area contributed by atoms with Crippen molar-refractivity contribution in [3.8, 4) is 0 Å². The van der Waals surface area contributed by atoms with Crippen LogP contribution < -0.4 is 5.32 Å². The average molecular weight is 412 g/mol. The molecular weight excluding hydrogens is 370 g/mol. The van der Waals surface area contributed by atoms with E-state index in [0.717, 1.165) is 42.6 Å². The Morgan fingerprint density at radius 1 is 1.20 bits per heavy atom. The molecule has 3 heteroatoms. The second-order valence-corrected chi connectivity index (χ2v) is 12.4. The largest absolute Gasteiger partial charge is 0.461 e. The lowest BCUT2D eigenvalue weighted by Gasteiger charge is -2.46. The van der Waals surface area contributed by atoms with Gasteiger partial charge in [0.05, 0.1) is 5.92 Å². The highest BCUT2D eigenvalue weighted by Gasteiger charge is 2.53. The fraction of sp³-hybridized carbons (Fsp3) is 0.889. The van der Waals surface area contributed by atoms with E-state index in [2.05, 4.69) is 32.2 Å². The zero-order valence-electron chi connectivity index (χ0n) is 19.2. The topological polar surface area (TPSA) is 38.3 Å². The third-order valence-electron chi connectivity index (χ3n) is 10.7. The summed E-state index contributed by atoms with van der Waals surface area (Å²) in [7, 11) is 0. The molecule has 0 amide bonds. The normalized spacial score (nSPS) is 52.4. The van der Waals surface area contributed by atoms with Gasteiger partial charge < -0.3 is 10.1 Å². The van der Waals surface area contributed by atoms with E-state index < -0.39 is 0 Å². The van der Waals surface area contributed by atoms with Gasteiger partial charge in [0.15, 0.2) is 0 Å². The van der Waals surface area contributed by atoms with Crippen LogP contribution in [0.2, 0.25) is 0 Å². The molecule has 1 N–H and O–H groups in total. The molecule has 166 valence electrons. The van der Waals surface area contributed by atoms with E-state index in [1.54, 1.807) is 5.57 Å². The maximum Gasteiger partial charge on any atom is 0.311 e. The highest BCUT2D eigenvalue weighted by Crippen LogP contribution is 2.59. The highest BCUT2D eigenvalue weighted by atomic mass is 16.6. The monoisotopic (exact) mass is 411 g/mol. The van der Waals surface area contributed by atoms with Crippen molar-refractivity contribution in [3.05, 3.63) is 11.6 Å². The summed E-state index contributed by atoms with van der Waals surface area (Å²) < 4.78 is 5.98. The van der Waals surface area contributed by atoms with E-state index in [9.17, 15) is 4.79 Å². The summed E-state index contributed by atoms with van der Waals surface area (Å²) in [5.41, 5.74) is 1.89. The predicted octanol–water partition coefficient (Wildman–Crippen LogP) is 5.35. The highest BCUT2D eigenvalue weighted by molar-refractivity contribution is 5.76. The fourth-order valence-electron chi connectivity index (χ4n) is 9.46. The lowest BCUT2D eigenvalue weighted by Crippen LogP contribution is -2.48. The van der Waals surface area contributed by atoms with Gasteiger partial charge in [0.1, 0.15) is 6.10 Å². The van der Waals surface area contributed by atoms with Gasteiger partial charge in [-0.15, -0.1) is 0 Å². The minimum absolute atomic E-state index is 0.0146. The lowest BCUT2D eigenvalue weighted by atomic mass is 9.59. The number of rotatable bonds is 4. The van der Waals surface area contributed by atoms with Gasteiger partial charge in [-0.3, -0.25) is 4.79 Å². The molecule has 0 unspecified atom stereocenters. The second-order valence-electron chi connectivity index (χ2n) is 12.4. The Morgan fingerprint density at radius 3 is 2.87 bits per heavy atom. The molecule has 11 atom stereocenters. The quantitative estimate of drug-likeness (QED) is 0.500. The number of nitrogens with one attached hydrogen (secondary N) is 1. The molecular formula is C27H41NO2. The van der Waals surface area contributed by atoms with Gasteiger partial charge in [0.25, 0.3) is 0 Å². The van der Waals surface area contributed by atoms with Crippen LogP contribution in [0.5, 0.6) is 0 Å². The molecule has 5 fully saturated rings. The Hall–Kier alpha value is -0.830. The average Bonchev–Trinajstić information content (AvgIpc) is 3.10. The molecule has 4 saturated carbocycles. The molecule has 1 aliphatic heterocycles. The van der Waals surface area contributed by atoms with Gasteiger partial charge in [-0.05, 0) is 99.2 Å². The molecule has 6 aliphatic rings. The third-order valence-corrected chi connectivity index (χ3v) is 10.7. The van der Waals surface area contributed by atoms with Gasteiger partial charge in [0.2, 0.25) is 0 Å². The van der Waals surface area contributed by atoms with Crippen LogP contribution in [0.3, 0.4) is 0 Å². The Kier molecular flexibility index (Phi) is 4.68. The molecule has 0 spiro atoms. The Balaban J connectivity index is 1.16. The van der Waals surface area contributed by atoms with Crippen molar-refractivity contribution >= 4 is 5.97 Å².